The molecular formula is C27H32F2. The highest BCUT2D eigenvalue weighted by atomic mass is 19.1. The number of allylic oxidation sites excluding steroid dienone is 1. The maximum absolute atomic E-state index is 15.0. The maximum Gasteiger partial charge on any atom is 0.130 e. The Morgan fingerprint density at radius 3 is 2.48 bits per heavy atom. The molecule has 1 saturated carbocycles. The van der Waals surface area contributed by atoms with E-state index in [1.165, 1.54) is 57.4 Å². The second kappa shape index (κ2) is 9.24. The summed E-state index contributed by atoms with van der Waals surface area (Å²) in [7, 11) is 0. The Hall–Kier alpha value is -1.96. The van der Waals surface area contributed by atoms with Gasteiger partial charge in [0.1, 0.15) is 11.6 Å². The van der Waals surface area contributed by atoms with E-state index < -0.39 is 0 Å². The molecular weight excluding hydrogens is 362 g/mol. The summed E-state index contributed by atoms with van der Waals surface area (Å²) in [5.74, 6) is 1.01. The van der Waals surface area contributed by atoms with Crippen LogP contribution in [0, 0.1) is 17.6 Å². The molecule has 0 aromatic heterocycles. The average molecular weight is 395 g/mol. The lowest BCUT2D eigenvalue weighted by Crippen LogP contribution is -2.13. The molecule has 2 aromatic rings. The minimum atomic E-state index is -0.234. The monoisotopic (exact) mass is 394 g/mol. The summed E-state index contributed by atoms with van der Waals surface area (Å²) < 4.78 is 28.6. The summed E-state index contributed by atoms with van der Waals surface area (Å²) in [5.41, 5.74) is 4.84. The van der Waals surface area contributed by atoms with Gasteiger partial charge in [0, 0.05) is 5.56 Å². The lowest BCUT2D eigenvalue weighted by Gasteiger charge is -2.29. The fourth-order valence-electron chi connectivity index (χ4n) is 5.18. The maximum atomic E-state index is 15.0. The van der Waals surface area contributed by atoms with Gasteiger partial charge in [0.15, 0.2) is 0 Å². The Kier molecular flexibility index (Phi) is 6.47. The van der Waals surface area contributed by atoms with Gasteiger partial charge >= 0.3 is 0 Å². The van der Waals surface area contributed by atoms with E-state index in [0.717, 1.165) is 41.0 Å². The van der Waals surface area contributed by atoms with Crippen molar-refractivity contribution >= 4 is 11.6 Å². The lowest BCUT2D eigenvalue weighted by molar-refractivity contribution is 0.302. The van der Waals surface area contributed by atoms with Gasteiger partial charge in [-0.2, -0.15) is 0 Å². The van der Waals surface area contributed by atoms with E-state index in [1.54, 1.807) is 12.1 Å². The summed E-state index contributed by atoms with van der Waals surface area (Å²) in [5, 5.41) is 0. The van der Waals surface area contributed by atoms with Crippen LogP contribution in [0.4, 0.5) is 8.78 Å². The third kappa shape index (κ3) is 4.79. The van der Waals surface area contributed by atoms with Gasteiger partial charge in [-0.15, -0.1) is 0 Å². The van der Waals surface area contributed by atoms with Gasteiger partial charge in [0.25, 0.3) is 0 Å². The Morgan fingerprint density at radius 1 is 0.897 bits per heavy atom. The first-order chi connectivity index (χ1) is 14.1. The Bertz CT molecular complexity index is 872. The molecule has 0 unspecified atom stereocenters. The van der Waals surface area contributed by atoms with Crippen molar-refractivity contribution in [3.63, 3.8) is 0 Å². The number of fused-ring (bicyclic) bond motifs is 1. The highest BCUT2D eigenvalue weighted by Gasteiger charge is 2.23. The minimum Gasteiger partial charge on any atom is -0.207 e. The van der Waals surface area contributed by atoms with Crippen molar-refractivity contribution in [2.75, 3.05) is 0 Å². The third-order valence-corrected chi connectivity index (χ3v) is 6.97. The highest BCUT2D eigenvalue weighted by molar-refractivity contribution is 5.84. The molecule has 0 aliphatic heterocycles. The quantitative estimate of drug-likeness (QED) is 0.432. The summed E-state index contributed by atoms with van der Waals surface area (Å²) in [6.45, 7) is 2.26. The minimum absolute atomic E-state index is 0.126. The first-order valence-electron chi connectivity index (χ1n) is 11.4. The van der Waals surface area contributed by atoms with Crippen LogP contribution in [0.2, 0.25) is 0 Å². The van der Waals surface area contributed by atoms with Gasteiger partial charge in [0.2, 0.25) is 0 Å². The molecule has 0 nitrogen and oxygen atoms in total. The fraction of sp³-hybridized carbons (Fsp3) is 0.481. The zero-order chi connectivity index (χ0) is 20.2. The average Bonchev–Trinajstić information content (AvgIpc) is 2.74. The smallest absolute Gasteiger partial charge is 0.130 e. The molecule has 29 heavy (non-hydrogen) atoms. The summed E-state index contributed by atoms with van der Waals surface area (Å²) in [6, 6.07) is 10.7. The van der Waals surface area contributed by atoms with Crippen LogP contribution >= 0.6 is 0 Å². The van der Waals surface area contributed by atoms with Crippen molar-refractivity contribution in [3.8, 4) is 0 Å². The number of aryl methyl sites for hydroxylation is 1. The number of hydrogen-bond donors (Lipinski definition) is 0. The SMILES string of the molecule is CCCCCC1CCC(c2ccc(C3=Cc4cc(F)ccc4CC3)c(F)c2)CC1. The van der Waals surface area contributed by atoms with Gasteiger partial charge in [-0.3, -0.25) is 0 Å². The van der Waals surface area contributed by atoms with Crippen LogP contribution in [0.25, 0.3) is 11.6 Å². The topological polar surface area (TPSA) is 0 Å². The number of halogens is 2. The van der Waals surface area contributed by atoms with Crippen LogP contribution < -0.4 is 0 Å². The molecule has 0 radical (unpaired) electrons. The van der Waals surface area contributed by atoms with Crippen molar-refractivity contribution in [1.82, 2.24) is 0 Å². The van der Waals surface area contributed by atoms with Crippen molar-refractivity contribution in [3.05, 3.63) is 70.3 Å². The molecule has 1 fully saturated rings. The molecule has 0 bridgehead atoms. The van der Waals surface area contributed by atoms with E-state index in [4.69, 9.17) is 0 Å². The van der Waals surface area contributed by atoms with Crippen molar-refractivity contribution in [2.45, 2.75) is 77.0 Å². The van der Waals surface area contributed by atoms with Gasteiger partial charge in [-0.05, 0) is 90.8 Å². The molecule has 2 aromatic carbocycles. The first kappa shape index (κ1) is 20.3. The predicted molar refractivity (Wildman–Crippen MR) is 118 cm³/mol. The Morgan fingerprint density at radius 2 is 1.72 bits per heavy atom. The molecule has 0 atom stereocenters. The highest BCUT2D eigenvalue weighted by Crippen LogP contribution is 2.39. The van der Waals surface area contributed by atoms with Crippen molar-refractivity contribution in [1.29, 1.82) is 0 Å². The molecule has 0 heterocycles. The standard InChI is InChI=1S/C27H32F2/c1-2-3-4-5-19-6-8-20(9-7-19)22-13-15-26(27(29)18-22)23-11-10-21-12-14-25(28)17-24(21)16-23/h12-20H,2-11H2,1H3. The van der Waals surface area contributed by atoms with Crippen LogP contribution in [0.5, 0.6) is 0 Å². The third-order valence-electron chi connectivity index (χ3n) is 6.97. The van der Waals surface area contributed by atoms with Crippen LogP contribution in [-0.2, 0) is 6.42 Å². The van der Waals surface area contributed by atoms with Crippen molar-refractivity contribution in [2.24, 2.45) is 5.92 Å². The van der Waals surface area contributed by atoms with Gasteiger partial charge in [0.05, 0.1) is 0 Å². The lowest BCUT2D eigenvalue weighted by atomic mass is 9.76. The number of unbranched alkanes of at least 4 members (excludes halogenated alkanes) is 2. The predicted octanol–water partition coefficient (Wildman–Crippen LogP) is 8.31. The fourth-order valence-corrected chi connectivity index (χ4v) is 5.18. The van der Waals surface area contributed by atoms with Crippen LogP contribution in [0.1, 0.15) is 92.9 Å². The van der Waals surface area contributed by atoms with E-state index in [2.05, 4.69) is 13.0 Å². The molecule has 2 heteroatoms. The second-order valence-electron chi connectivity index (χ2n) is 8.97. The largest absolute Gasteiger partial charge is 0.207 e. The summed E-state index contributed by atoms with van der Waals surface area (Å²) >= 11 is 0. The zero-order valence-corrected chi connectivity index (χ0v) is 17.5. The second-order valence-corrected chi connectivity index (χ2v) is 8.97. The molecule has 2 aliphatic carbocycles. The van der Waals surface area contributed by atoms with Gasteiger partial charge in [-0.25, -0.2) is 8.78 Å². The van der Waals surface area contributed by atoms with Gasteiger partial charge < -0.3 is 0 Å². The Balaban J connectivity index is 1.44. The van der Waals surface area contributed by atoms with Crippen LogP contribution in [-0.4, -0.2) is 0 Å². The normalized spacial score (nSPS) is 21.6. The van der Waals surface area contributed by atoms with Crippen LogP contribution in [0.15, 0.2) is 36.4 Å². The first-order valence-corrected chi connectivity index (χ1v) is 11.4. The molecule has 4 rings (SSSR count). The number of benzene rings is 2. The number of rotatable bonds is 6. The van der Waals surface area contributed by atoms with E-state index in [-0.39, 0.29) is 11.6 Å². The van der Waals surface area contributed by atoms with E-state index >= 15 is 4.39 Å². The molecule has 0 spiro atoms. The molecule has 154 valence electrons. The van der Waals surface area contributed by atoms with Crippen LogP contribution in [0.3, 0.4) is 0 Å². The van der Waals surface area contributed by atoms with E-state index in [0.29, 0.717) is 11.5 Å². The molecule has 0 amide bonds. The van der Waals surface area contributed by atoms with E-state index in [1.807, 2.05) is 18.2 Å². The number of hydrogen-bond acceptors (Lipinski definition) is 0. The van der Waals surface area contributed by atoms with E-state index in [9.17, 15) is 4.39 Å². The molecule has 0 N–H and O–H groups in total. The summed E-state index contributed by atoms with van der Waals surface area (Å²) in [4.78, 5) is 0. The van der Waals surface area contributed by atoms with Gasteiger partial charge in [-0.1, -0.05) is 56.9 Å². The van der Waals surface area contributed by atoms with Crippen molar-refractivity contribution < 1.29 is 8.78 Å². The zero-order valence-electron chi connectivity index (χ0n) is 17.5. The molecule has 2 aliphatic rings. The Labute approximate surface area is 174 Å². The summed E-state index contributed by atoms with van der Waals surface area (Å²) in [6.07, 6.45) is 13.9. The molecule has 0 saturated heterocycles.